The van der Waals surface area contributed by atoms with E-state index in [0.717, 1.165) is 6.42 Å². The molecule has 2 fully saturated rings. The highest BCUT2D eigenvalue weighted by molar-refractivity contribution is 5.88. The van der Waals surface area contributed by atoms with Gasteiger partial charge in [-0.25, -0.2) is 4.79 Å². The molecule has 2 aliphatic heterocycles. The molecule has 1 N–H and O–H groups in total. The first-order valence-electron chi connectivity index (χ1n) is 5.93. The zero-order valence-corrected chi connectivity index (χ0v) is 9.98. The third kappa shape index (κ3) is 2.58. The molecule has 96 valence electrons. The second kappa shape index (κ2) is 5.46. The molecule has 0 bridgehead atoms. The highest BCUT2D eigenvalue weighted by Crippen LogP contribution is 2.19. The van der Waals surface area contributed by atoms with Gasteiger partial charge in [-0.1, -0.05) is 0 Å². The van der Waals surface area contributed by atoms with Crippen molar-refractivity contribution < 1.29 is 19.1 Å². The molecular formula is C11H18N2O4. The van der Waals surface area contributed by atoms with Crippen molar-refractivity contribution >= 4 is 11.9 Å². The highest BCUT2D eigenvalue weighted by Gasteiger charge is 2.38. The smallest absolute Gasteiger partial charge is 0.328 e. The van der Waals surface area contributed by atoms with Gasteiger partial charge in [0, 0.05) is 13.1 Å². The summed E-state index contributed by atoms with van der Waals surface area (Å²) in [6.45, 7) is 2.30. The van der Waals surface area contributed by atoms with E-state index in [1.54, 1.807) is 4.90 Å². The number of methoxy groups -OCH3 is 1. The van der Waals surface area contributed by atoms with Crippen LogP contribution in [0.1, 0.15) is 12.8 Å². The van der Waals surface area contributed by atoms with Crippen molar-refractivity contribution in [3.63, 3.8) is 0 Å². The third-order valence-electron chi connectivity index (χ3n) is 3.23. The van der Waals surface area contributed by atoms with E-state index in [1.807, 2.05) is 0 Å². The molecule has 0 radical (unpaired) electrons. The zero-order chi connectivity index (χ0) is 12.3. The Bertz CT molecular complexity index is 302. The van der Waals surface area contributed by atoms with E-state index >= 15 is 0 Å². The van der Waals surface area contributed by atoms with Crippen molar-refractivity contribution in [1.82, 2.24) is 10.2 Å². The van der Waals surface area contributed by atoms with Gasteiger partial charge in [-0.2, -0.15) is 0 Å². The summed E-state index contributed by atoms with van der Waals surface area (Å²) in [6, 6.07) is -0.745. The van der Waals surface area contributed by atoms with Gasteiger partial charge >= 0.3 is 5.97 Å². The molecule has 2 heterocycles. The van der Waals surface area contributed by atoms with Crippen LogP contribution in [0.15, 0.2) is 0 Å². The van der Waals surface area contributed by atoms with E-state index < -0.39 is 6.04 Å². The fraction of sp³-hybridized carbons (Fsp3) is 0.818. The number of rotatable bonds is 2. The molecule has 0 aliphatic carbocycles. The standard InChI is InChI=1S/C11H18N2O4/c1-16-11(15)9-3-2-5-13(9)10(14)8-7-17-6-4-12-8/h8-9,12H,2-7H2,1H3/t8-,9-/m0/s1. The van der Waals surface area contributed by atoms with E-state index in [4.69, 9.17) is 9.47 Å². The van der Waals surface area contributed by atoms with Gasteiger partial charge in [0.15, 0.2) is 0 Å². The lowest BCUT2D eigenvalue weighted by Gasteiger charge is -2.30. The van der Waals surface area contributed by atoms with Crippen LogP contribution in [0.2, 0.25) is 0 Å². The number of hydrogen-bond acceptors (Lipinski definition) is 5. The molecule has 0 aromatic carbocycles. The molecule has 2 saturated heterocycles. The van der Waals surface area contributed by atoms with Crippen LogP contribution < -0.4 is 5.32 Å². The molecule has 0 spiro atoms. The number of carbonyl (C=O) groups excluding carboxylic acids is 2. The molecule has 0 aromatic heterocycles. The van der Waals surface area contributed by atoms with Crippen molar-refractivity contribution in [1.29, 1.82) is 0 Å². The number of hydrogen-bond donors (Lipinski definition) is 1. The normalized spacial score (nSPS) is 29.1. The summed E-state index contributed by atoms with van der Waals surface area (Å²) in [5.41, 5.74) is 0. The summed E-state index contributed by atoms with van der Waals surface area (Å²) in [5.74, 6) is -0.384. The Morgan fingerprint density at radius 2 is 2.29 bits per heavy atom. The van der Waals surface area contributed by atoms with Crippen molar-refractivity contribution in [3.05, 3.63) is 0 Å². The van der Waals surface area contributed by atoms with Gasteiger partial charge < -0.3 is 19.7 Å². The van der Waals surface area contributed by atoms with E-state index in [2.05, 4.69) is 5.32 Å². The number of nitrogens with one attached hydrogen (secondary N) is 1. The van der Waals surface area contributed by atoms with Crippen LogP contribution in [0.3, 0.4) is 0 Å². The number of likely N-dealkylation sites (tertiary alicyclic amines) is 1. The summed E-state index contributed by atoms with van der Waals surface area (Å²) in [7, 11) is 1.35. The monoisotopic (exact) mass is 242 g/mol. The molecule has 6 heteroatoms. The Labute approximate surface area is 100 Å². The van der Waals surface area contributed by atoms with Crippen LogP contribution in [-0.2, 0) is 19.1 Å². The lowest BCUT2D eigenvalue weighted by molar-refractivity contribution is -0.152. The Morgan fingerprint density at radius 1 is 1.47 bits per heavy atom. The molecule has 2 atom stereocenters. The lowest BCUT2D eigenvalue weighted by atomic mass is 10.2. The maximum atomic E-state index is 12.2. The number of amides is 1. The third-order valence-corrected chi connectivity index (χ3v) is 3.23. The maximum Gasteiger partial charge on any atom is 0.328 e. The topological polar surface area (TPSA) is 67.9 Å². The first kappa shape index (κ1) is 12.3. The molecule has 0 unspecified atom stereocenters. The second-order valence-corrected chi connectivity index (χ2v) is 4.29. The van der Waals surface area contributed by atoms with Crippen LogP contribution in [0.25, 0.3) is 0 Å². The van der Waals surface area contributed by atoms with Crippen molar-refractivity contribution in [2.75, 3.05) is 33.4 Å². The van der Waals surface area contributed by atoms with Crippen LogP contribution in [-0.4, -0.2) is 62.3 Å². The Kier molecular flexibility index (Phi) is 3.96. The van der Waals surface area contributed by atoms with Crippen LogP contribution in [0.5, 0.6) is 0 Å². The molecule has 17 heavy (non-hydrogen) atoms. The molecule has 1 amide bonds. The second-order valence-electron chi connectivity index (χ2n) is 4.29. The molecule has 2 rings (SSSR count). The quantitative estimate of drug-likeness (QED) is 0.638. The zero-order valence-electron chi connectivity index (χ0n) is 9.98. The number of morpholine rings is 1. The van der Waals surface area contributed by atoms with Gasteiger partial charge in [0.05, 0.1) is 20.3 Å². The van der Waals surface area contributed by atoms with Crippen LogP contribution in [0, 0.1) is 0 Å². The van der Waals surface area contributed by atoms with E-state index in [1.165, 1.54) is 7.11 Å². The minimum absolute atomic E-state index is 0.0578. The summed E-state index contributed by atoms with van der Waals surface area (Å²) < 4.78 is 9.98. The number of ether oxygens (including phenoxy) is 2. The van der Waals surface area contributed by atoms with Gasteiger partial charge in [0.1, 0.15) is 12.1 Å². The molecule has 0 saturated carbocycles. The average molecular weight is 242 g/mol. The van der Waals surface area contributed by atoms with Gasteiger partial charge in [-0.15, -0.1) is 0 Å². The largest absolute Gasteiger partial charge is 0.467 e. The Morgan fingerprint density at radius 3 is 2.94 bits per heavy atom. The molecule has 2 aliphatic rings. The SMILES string of the molecule is COC(=O)[C@@H]1CCCN1C(=O)[C@@H]1COCCN1. The van der Waals surface area contributed by atoms with E-state index in [9.17, 15) is 9.59 Å². The van der Waals surface area contributed by atoms with Gasteiger partial charge in [-0.05, 0) is 12.8 Å². The van der Waals surface area contributed by atoms with Crippen LogP contribution in [0.4, 0.5) is 0 Å². The van der Waals surface area contributed by atoms with Crippen molar-refractivity contribution in [3.8, 4) is 0 Å². The first-order chi connectivity index (χ1) is 8.24. The predicted octanol–water partition coefficient (Wildman–Crippen LogP) is -0.861. The molecule has 6 nitrogen and oxygen atoms in total. The summed E-state index contributed by atoms with van der Waals surface area (Å²) >= 11 is 0. The van der Waals surface area contributed by atoms with Crippen molar-refractivity contribution in [2.24, 2.45) is 0 Å². The number of carbonyl (C=O) groups is 2. The highest BCUT2D eigenvalue weighted by atomic mass is 16.5. The van der Waals surface area contributed by atoms with E-state index in [-0.39, 0.29) is 17.9 Å². The molecule has 0 aromatic rings. The molecular weight excluding hydrogens is 224 g/mol. The van der Waals surface area contributed by atoms with Gasteiger partial charge in [0.2, 0.25) is 5.91 Å². The first-order valence-corrected chi connectivity index (χ1v) is 5.93. The van der Waals surface area contributed by atoms with Crippen molar-refractivity contribution in [2.45, 2.75) is 24.9 Å². The summed E-state index contributed by atoms with van der Waals surface area (Å²) in [6.07, 6.45) is 1.53. The average Bonchev–Trinajstić information content (AvgIpc) is 2.87. The van der Waals surface area contributed by atoms with Gasteiger partial charge in [0.25, 0.3) is 0 Å². The lowest BCUT2D eigenvalue weighted by Crippen LogP contribution is -2.54. The predicted molar refractivity (Wildman–Crippen MR) is 59.4 cm³/mol. The Hall–Kier alpha value is -1.14. The van der Waals surface area contributed by atoms with E-state index in [0.29, 0.717) is 32.7 Å². The fourth-order valence-electron chi connectivity index (χ4n) is 2.34. The summed E-state index contributed by atoms with van der Waals surface area (Å²) in [4.78, 5) is 25.4. The fourth-order valence-corrected chi connectivity index (χ4v) is 2.34. The van der Waals surface area contributed by atoms with Gasteiger partial charge in [-0.3, -0.25) is 4.79 Å². The number of nitrogens with zero attached hydrogens (tertiary/aromatic N) is 1. The Balaban J connectivity index is 1.99. The minimum Gasteiger partial charge on any atom is -0.467 e. The summed E-state index contributed by atoms with van der Waals surface area (Å²) in [5, 5.41) is 3.10. The van der Waals surface area contributed by atoms with Crippen LogP contribution >= 0.6 is 0 Å². The number of esters is 1. The maximum absolute atomic E-state index is 12.2. The minimum atomic E-state index is -0.420.